The first-order chi connectivity index (χ1) is 4.20. The fourth-order valence-electron chi connectivity index (χ4n) is 0.481. The van der Waals surface area contributed by atoms with Crippen LogP contribution in [0.2, 0.25) is 0 Å². The molecule has 0 aliphatic carbocycles. The van der Waals surface area contributed by atoms with E-state index in [1.807, 2.05) is 0 Å². The number of hydrogen-bond acceptors (Lipinski definition) is 0. The topological polar surface area (TPSA) is 0 Å². The zero-order valence-corrected chi connectivity index (χ0v) is 7.91. The predicted molar refractivity (Wildman–Crippen MR) is 31.7 cm³/mol. The van der Waals surface area contributed by atoms with Crippen LogP contribution in [0, 0.1) is 11.6 Å². The van der Waals surface area contributed by atoms with Crippen molar-refractivity contribution in [1.29, 1.82) is 0 Å². The molecule has 0 bridgehead atoms. The van der Waals surface area contributed by atoms with Crippen LogP contribution in [0.1, 0.15) is 0 Å². The Morgan fingerprint density at radius 2 is 1.89 bits per heavy atom. The first kappa shape index (κ1) is 7.07. The summed E-state index contributed by atoms with van der Waals surface area (Å²) in [6, 6.07) is 3.62. The van der Waals surface area contributed by atoms with Gasteiger partial charge in [-0.25, -0.2) is 0 Å². The average Bonchev–Trinajstić information content (AvgIpc) is 1.80. The summed E-state index contributed by atoms with van der Waals surface area (Å²) in [4.78, 5) is 0. The molecular formula is C6H3BiF2. The fraction of sp³-hybridized carbons (Fsp3) is 0. The zero-order chi connectivity index (χ0) is 6.85. The van der Waals surface area contributed by atoms with Gasteiger partial charge in [-0.3, -0.25) is 0 Å². The van der Waals surface area contributed by atoms with Crippen molar-refractivity contribution >= 4 is 28.0 Å². The van der Waals surface area contributed by atoms with Crippen molar-refractivity contribution in [3.8, 4) is 0 Å². The van der Waals surface area contributed by atoms with E-state index >= 15 is 0 Å². The van der Waals surface area contributed by atoms with E-state index in [0.29, 0.717) is 3.27 Å². The summed E-state index contributed by atoms with van der Waals surface area (Å²) < 4.78 is 25.1. The van der Waals surface area contributed by atoms with Gasteiger partial charge in [0, 0.05) is 0 Å². The van der Waals surface area contributed by atoms with E-state index in [9.17, 15) is 8.78 Å². The summed E-state index contributed by atoms with van der Waals surface area (Å²) in [6.45, 7) is 0. The van der Waals surface area contributed by atoms with Gasteiger partial charge in [-0.1, -0.05) is 0 Å². The van der Waals surface area contributed by atoms with Crippen LogP contribution in [-0.2, 0) is 0 Å². The number of hydrogen-bond donors (Lipinski definition) is 0. The molecule has 0 saturated carbocycles. The van der Waals surface area contributed by atoms with Crippen LogP contribution in [0.15, 0.2) is 18.2 Å². The molecule has 1 aromatic rings. The molecule has 0 unspecified atom stereocenters. The predicted octanol–water partition coefficient (Wildman–Crippen LogP) is 0.759. The van der Waals surface area contributed by atoms with Crippen LogP contribution in [0.3, 0.4) is 0 Å². The summed E-state index contributed by atoms with van der Waals surface area (Å²) in [5.74, 6) is -0.953. The Labute approximate surface area is 66.7 Å². The Bertz CT molecular complexity index is 222. The normalized spacial score (nSPS) is 9.67. The van der Waals surface area contributed by atoms with Gasteiger partial charge in [0.05, 0.1) is 0 Å². The van der Waals surface area contributed by atoms with Crippen LogP contribution in [0.5, 0.6) is 0 Å². The first-order valence-corrected chi connectivity index (χ1v) is 4.08. The average molecular weight is 322 g/mol. The second kappa shape index (κ2) is 2.70. The molecule has 0 saturated heterocycles. The van der Waals surface area contributed by atoms with E-state index < -0.39 is 11.6 Å². The fourth-order valence-corrected chi connectivity index (χ4v) is 1.02. The van der Waals surface area contributed by atoms with Gasteiger partial charge < -0.3 is 0 Å². The van der Waals surface area contributed by atoms with Crippen molar-refractivity contribution in [2.24, 2.45) is 0 Å². The van der Waals surface area contributed by atoms with Gasteiger partial charge >= 0.3 is 66.6 Å². The zero-order valence-electron chi connectivity index (χ0n) is 4.44. The third-order valence-corrected chi connectivity index (χ3v) is 2.32. The third-order valence-electron chi connectivity index (χ3n) is 0.910. The second-order valence-electron chi connectivity index (χ2n) is 1.60. The molecule has 9 heavy (non-hydrogen) atoms. The molecule has 0 N–H and O–H groups in total. The molecule has 1 aromatic carbocycles. The quantitative estimate of drug-likeness (QED) is 0.619. The van der Waals surface area contributed by atoms with Crippen LogP contribution < -0.4 is 3.27 Å². The SMILES string of the molecule is Fc1cc[c]([Bi])c(F)c1. The van der Waals surface area contributed by atoms with E-state index in [1.165, 1.54) is 12.1 Å². The summed E-state index contributed by atoms with van der Waals surface area (Å²) >= 11 is 0.824. The minimum atomic E-state index is -0.512. The maximum absolute atomic E-state index is 12.4. The summed E-state index contributed by atoms with van der Waals surface area (Å²) in [7, 11) is 0. The van der Waals surface area contributed by atoms with Crippen molar-refractivity contribution in [2.45, 2.75) is 0 Å². The van der Waals surface area contributed by atoms with Crippen molar-refractivity contribution < 1.29 is 8.78 Å². The summed E-state index contributed by atoms with van der Waals surface area (Å²) in [6.07, 6.45) is 0. The molecule has 0 amide bonds. The molecule has 0 fully saturated rings. The number of halogens is 2. The van der Waals surface area contributed by atoms with Gasteiger partial charge in [-0.05, 0) is 0 Å². The Morgan fingerprint density at radius 1 is 1.22 bits per heavy atom. The summed E-state index contributed by atoms with van der Waals surface area (Å²) in [5.41, 5.74) is 0. The Morgan fingerprint density at radius 3 is 2.33 bits per heavy atom. The molecule has 3 heteroatoms. The van der Waals surface area contributed by atoms with Crippen LogP contribution in [-0.4, -0.2) is 24.7 Å². The molecule has 46 valence electrons. The molecule has 0 spiro atoms. The van der Waals surface area contributed by atoms with E-state index in [-0.39, 0.29) is 0 Å². The molecule has 0 nitrogen and oxygen atoms in total. The molecular weight excluding hydrogens is 319 g/mol. The van der Waals surface area contributed by atoms with E-state index in [0.717, 1.165) is 30.8 Å². The van der Waals surface area contributed by atoms with Crippen LogP contribution in [0.4, 0.5) is 8.78 Å². The Kier molecular flexibility index (Phi) is 2.12. The van der Waals surface area contributed by atoms with Gasteiger partial charge in [-0.15, -0.1) is 0 Å². The van der Waals surface area contributed by atoms with Crippen molar-refractivity contribution in [3.63, 3.8) is 0 Å². The maximum atomic E-state index is 12.4. The van der Waals surface area contributed by atoms with Gasteiger partial charge in [-0.2, -0.15) is 0 Å². The van der Waals surface area contributed by atoms with Gasteiger partial charge in [0.15, 0.2) is 0 Å². The first-order valence-electron chi connectivity index (χ1n) is 2.34. The second-order valence-corrected chi connectivity index (χ2v) is 3.47. The molecule has 0 aliphatic heterocycles. The van der Waals surface area contributed by atoms with E-state index in [1.54, 1.807) is 0 Å². The molecule has 0 heterocycles. The van der Waals surface area contributed by atoms with Gasteiger partial charge in [0.25, 0.3) is 0 Å². The third kappa shape index (κ3) is 1.69. The number of rotatable bonds is 0. The standard InChI is InChI=1S/C6H3F2.Bi/c7-5-2-1-3-6(8)4-5;/h1-2,4H;. The Hall–Kier alpha value is -0.0369. The van der Waals surface area contributed by atoms with Crippen molar-refractivity contribution in [2.75, 3.05) is 0 Å². The molecule has 0 atom stereocenters. The van der Waals surface area contributed by atoms with E-state index in [4.69, 9.17) is 0 Å². The van der Waals surface area contributed by atoms with Crippen molar-refractivity contribution in [1.82, 2.24) is 0 Å². The van der Waals surface area contributed by atoms with E-state index in [2.05, 4.69) is 0 Å². The molecule has 2 radical (unpaired) electrons. The number of benzene rings is 1. The molecule has 1 rings (SSSR count). The van der Waals surface area contributed by atoms with Crippen LogP contribution in [0.25, 0.3) is 0 Å². The van der Waals surface area contributed by atoms with Gasteiger partial charge in [0.1, 0.15) is 0 Å². The van der Waals surface area contributed by atoms with Crippen molar-refractivity contribution in [3.05, 3.63) is 29.8 Å². The molecule has 0 aromatic heterocycles. The Balaban J connectivity index is 3.17. The monoisotopic (exact) mass is 322 g/mol. The van der Waals surface area contributed by atoms with Gasteiger partial charge in [0.2, 0.25) is 0 Å². The minimum absolute atomic E-state index is 0.441. The van der Waals surface area contributed by atoms with Crippen LogP contribution >= 0.6 is 0 Å². The molecule has 0 aliphatic rings. The summed E-state index contributed by atoms with van der Waals surface area (Å²) in [5, 5.41) is 0.